The van der Waals surface area contributed by atoms with E-state index >= 15 is 0 Å². The molecule has 1 heterocycles. The molecule has 18 heavy (non-hydrogen) atoms. The lowest BCUT2D eigenvalue weighted by Gasteiger charge is -2.17. The van der Waals surface area contributed by atoms with Crippen molar-refractivity contribution in [3.63, 3.8) is 0 Å². The van der Waals surface area contributed by atoms with Crippen LogP contribution in [0.3, 0.4) is 0 Å². The molecule has 0 aromatic carbocycles. The zero-order valence-electron chi connectivity index (χ0n) is 10.8. The monoisotopic (exact) mass is 245 g/mol. The predicted octanol–water partition coefficient (Wildman–Crippen LogP) is 3.57. The molecule has 96 valence electrons. The fourth-order valence-corrected chi connectivity index (χ4v) is 3.47. The SMILES string of the molecule is C=C(C)CC(C)n1c(O)c2c(c1O)C1C=CC2C1. The molecule has 2 bridgehead atoms. The summed E-state index contributed by atoms with van der Waals surface area (Å²) in [7, 11) is 0. The van der Waals surface area contributed by atoms with Gasteiger partial charge in [0.15, 0.2) is 11.8 Å². The van der Waals surface area contributed by atoms with Crippen LogP contribution in [0, 0.1) is 0 Å². The fourth-order valence-electron chi connectivity index (χ4n) is 3.47. The van der Waals surface area contributed by atoms with Crippen LogP contribution in [0.2, 0.25) is 0 Å². The molecule has 2 N–H and O–H groups in total. The lowest BCUT2D eigenvalue weighted by molar-refractivity contribution is 0.334. The standard InChI is InChI=1S/C15H19NO2/c1-8(2)6-9(3)16-14(17)12-10-4-5-11(7-10)13(12)15(16)18/h4-5,9-11,17-18H,1,6-7H2,2-3H3. The smallest absolute Gasteiger partial charge is 0.198 e. The Kier molecular flexibility index (Phi) is 2.34. The quantitative estimate of drug-likeness (QED) is 0.800. The lowest BCUT2D eigenvalue weighted by Crippen LogP contribution is -2.05. The molecule has 2 aliphatic rings. The summed E-state index contributed by atoms with van der Waals surface area (Å²) in [5.41, 5.74) is 2.93. The number of nitrogens with zero attached hydrogens (tertiary/aromatic N) is 1. The second-order valence-electron chi connectivity index (χ2n) is 5.69. The van der Waals surface area contributed by atoms with E-state index in [-0.39, 0.29) is 29.6 Å². The third kappa shape index (κ3) is 1.36. The minimum atomic E-state index is 0.0347. The molecule has 0 aliphatic heterocycles. The first kappa shape index (κ1) is 11.5. The molecule has 0 radical (unpaired) electrons. The zero-order valence-corrected chi connectivity index (χ0v) is 10.8. The molecule has 3 rings (SSSR count). The van der Waals surface area contributed by atoms with Crippen molar-refractivity contribution in [3.05, 3.63) is 35.4 Å². The van der Waals surface area contributed by atoms with Crippen LogP contribution >= 0.6 is 0 Å². The fraction of sp³-hybridized carbons (Fsp3) is 0.467. The van der Waals surface area contributed by atoms with Gasteiger partial charge in [-0.25, -0.2) is 0 Å². The Labute approximate surface area is 107 Å². The Morgan fingerprint density at radius 2 is 1.83 bits per heavy atom. The van der Waals surface area contributed by atoms with Crippen molar-refractivity contribution in [2.45, 2.75) is 44.6 Å². The van der Waals surface area contributed by atoms with E-state index in [2.05, 4.69) is 18.7 Å². The lowest BCUT2D eigenvalue weighted by atomic mass is 10.0. The van der Waals surface area contributed by atoms with Gasteiger partial charge >= 0.3 is 0 Å². The van der Waals surface area contributed by atoms with Crippen molar-refractivity contribution in [2.24, 2.45) is 0 Å². The van der Waals surface area contributed by atoms with Crippen molar-refractivity contribution >= 4 is 0 Å². The maximum atomic E-state index is 10.4. The minimum Gasteiger partial charge on any atom is -0.494 e. The highest BCUT2D eigenvalue weighted by Gasteiger charge is 2.41. The Morgan fingerprint density at radius 1 is 1.33 bits per heavy atom. The normalized spacial score (nSPS) is 25.4. The van der Waals surface area contributed by atoms with E-state index in [0.29, 0.717) is 0 Å². The van der Waals surface area contributed by atoms with Crippen LogP contribution in [0.15, 0.2) is 24.3 Å². The van der Waals surface area contributed by atoms with Gasteiger partial charge < -0.3 is 10.2 Å². The summed E-state index contributed by atoms with van der Waals surface area (Å²) in [5, 5.41) is 20.8. The van der Waals surface area contributed by atoms with Crippen LogP contribution in [-0.2, 0) is 0 Å². The number of hydrogen-bond acceptors (Lipinski definition) is 2. The molecule has 0 saturated carbocycles. The van der Waals surface area contributed by atoms with Crippen molar-refractivity contribution in [1.29, 1.82) is 0 Å². The van der Waals surface area contributed by atoms with Gasteiger partial charge in [-0.15, -0.1) is 6.58 Å². The van der Waals surface area contributed by atoms with Gasteiger partial charge in [0.05, 0.1) is 0 Å². The number of aromatic nitrogens is 1. The van der Waals surface area contributed by atoms with Crippen molar-refractivity contribution < 1.29 is 10.2 Å². The number of aromatic hydroxyl groups is 2. The summed E-state index contributed by atoms with van der Waals surface area (Å²) in [6.07, 6.45) is 6.04. The highest BCUT2D eigenvalue weighted by atomic mass is 16.3. The van der Waals surface area contributed by atoms with Gasteiger partial charge in [0.1, 0.15) is 0 Å². The third-order valence-corrected chi connectivity index (χ3v) is 4.14. The van der Waals surface area contributed by atoms with Crippen molar-refractivity contribution in [3.8, 4) is 11.8 Å². The maximum absolute atomic E-state index is 10.4. The van der Waals surface area contributed by atoms with E-state index in [0.717, 1.165) is 29.5 Å². The van der Waals surface area contributed by atoms with E-state index < -0.39 is 0 Å². The molecule has 0 fully saturated rings. The molecule has 1 aromatic rings. The second-order valence-corrected chi connectivity index (χ2v) is 5.69. The van der Waals surface area contributed by atoms with Gasteiger partial charge in [-0.3, -0.25) is 4.57 Å². The van der Waals surface area contributed by atoms with E-state index in [4.69, 9.17) is 0 Å². The van der Waals surface area contributed by atoms with Crippen molar-refractivity contribution in [2.75, 3.05) is 0 Å². The van der Waals surface area contributed by atoms with Gasteiger partial charge in [-0.1, -0.05) is 17.7 Å². The van der Waals surface area contributed by atoms with Crippen LogP contribution in [-0.4, -0.2) is 14.8 Å². The largest absolute Gasteiger partial charge is 0.494 e. The Bertz CT molecular complexity index is 518. The minimum absolute atomic E-state index is 0.0347. The molecule has 2 aliphatic carbocycles. The molecule has 3 atom stereocenters. The van der Waals surface area contributed by atoms with Gasteiger partial charge in [0, 0.05) is 29.0 Å². The van der Waals surface area contributed by atoms with E-state index in [1.807, 2.05) is 13.8 Å². The summed E-state index contributed by atoms with van der Waals surface area (Å²) < 4.78 is 1.66. The number of allylic oxidation sites excluding steroid dienone is 3. The Hall–Kier alpha value is -1.64. The zero-order chi connectivity index (χ0) is 13.0. The van der Waals surface area contributed by atoms with Crippen molar-refractivity contribution in [1.82, 2.24) is 4.57 Å². The van der Waals surface area contributed by atoms with Gasteiger partial charge in [0.2, 0.25) is 0 Å². The Balaban J connectivity index is 2.06. The summed E-state index contributed by atoms with van der Waals surface area (Å²) in [6, 6.07) is 0.0347. The molecule has 3 unspecified atom stereocenters. The van der Waals surface area contributed by atoms with Crippen LogP contribution in [0.25, 0.3) is 0 Å². The topological polar surface area (TPSA) is 45.4 Å². The summed E-state index contributed by atoms with van der Waals surface area (Å²) in [4.78, 5) is 0. The summed E-state index contributed by atoms with van der Waals surface area (Å²) in [5.74, 6) is 1.06. The molecule has 3 heteroatoms. The van der Waals surface area contributed by atoms with Crippen LogP contribution < -0.4 is 0 Å². The average molecular weight is 245 g/mol. The first-order valence-electron chi connectivity index (χ1n) is 6.49. The van der Waals surface area contributed by atoms with E-state index in [9.17, 15) is 10.2 Å². The molecular weight excluding hydrogens is 226 g/mol. The van der Waals surface area contributed by atoms with Gasteiger partial charge in [-0.05, 0) is 26.7 Å². The summed E-state index contributed by atoms with van der Waals surface area (Å²) >= 11 is 0. The molecule has 3 nitrogen and oxygen atoms in total. The van der Waals surface area contributed by atoms with Gasteiger partial charge in [0.25, 0.3) is 0 Å². The molecular formula is C15H19NO2. The van der Waals surface area contributed by atoms with Gasteiger partial charge in [-0.2, -0.15) is 0 Å². The average Bonchev–Trinajstić information content (AvgIpc) is 2.91. The molecule has 0 amide bonds. The molecule has 0 saturated heterocycles. The Morgan fingerprint density at radius 3 is 2.28 bits per heavy atom. The predicted molar refractivity (Wildman–Crippen MR) is 71.1 cm³/mol. The highest BCUT2D eigenvalue weighted by molar-refractivity contribution is 5.58. The second kappa shape index (κ2) is 3.67. The molecule has 1 aromatic heterocycles. The molecule has 0 spiro atoms. The number of fused-ring (bicyclic) bond motifs is 5. The number of hydrogen-bond donors (Lipinski definition) is 2. The summed E-state index contributed by atoms with van der Waals surface area (Å²) in [6.45, 7) is 7.86. The maximum Gasteiger partial charge on any atom is 0.198 e. The van der Waals surface area contributed by atoms with Crippen LogP contribution in [0.1, 0.15) is 55.7 Å². The van der Waals surface area contributed by atoms with E-state index in [1.165, 1.54) is 0 Å². The number of rotatable bonds is 3. The third-order valence-electron chi connectivity index (χ3n) is 4.14. The first-order chi connectivity index (χ1) is 8.50. The van der Waals surface area contributed by atoms with E-state index in [1.54, 1.807) is 4.57 Å². The highest BCUT2D eigenvalue weighted by Crippen LogP contribution is 2.57. The first-order valence-corrected chi connectivity index (χ1v) is 6.49. The van der Waals surface area contributed by atoms with Crippen LogP contribution in [0.4, 0.5) is 0 Å². The van der Waals surface area contributed by atoms with Crippen LogP contribution in [0.5, 0.6) is 11.8 Å².